The Kier molecular flexibility index (Phi) is 4.46. The Balaban J connectivity index is 2.54. The van der Waals surface area contributed by atoms with Gasteiger partial charge in [0.2, 0.25) is 5.91 Å². The number of nitrogens with one attached hydrogen (secondary N) is 1. The molecule has 0 saturated heterocycles. The molecule has 0 unspecified atom stereocenters. The molecular formula is C12H13FN2O. The number of hydrogen-bond donors (Lipinski definition) is 1. The molecule has 0 fully saturated rings. The molecule has 1 amide bonds. The quantitative estimate of drug-likeness (QED) is 0.784. The lowest BCUT2D eigenvalue weighted by atomic mass is 10.0. The lowest BCUT2D eigenvalue weighted by Crippen LogP contribution is -2.30. The van der Waals surface area contributed by atoms with E-state index in [2.05, 4.69) is 5.32 Å². The molecule has 0 bridgehead atoms. The summed E-state index contributed by atoms with van der Waals surface area (Å²) in [6.07, 6.45) is 0.467. The molecule has 3 nitrogen and oxygen atoms in total. The second kappa shape index (κ2) is 5.86. The van der Waals surface area contributed by atoms with Crippen molar-refractivity contribution in [3.8, 4) is 6.07 Å². The Morgan fingerprint density at radius 2 is 2.38 bits per heavy atom. The van der Waals surface area contributed by atoms with Gasteiger partial charge in [0, 0.05) is 5.92 Å². The van der Waals surface area contributed by atoms with Crippen LogP contribution in [0.25, 0.3) is 0 Å². The second-order valence-electron chi connectivity index (χ2n) is 3.61. The molecule has 1 aromatic rings. The highest BCUT2D eigenvalue weighted by atomic mass is 19.1. The molecule has 0 aliphatic heterocycles. The Labute approximate surface area is 93.9 Å². The van der Waals surface area contributed by atoms with Crippen molar-refractivity contribution >= 4 is 5.91 Å². The zero-order valence-corrected chi connectivity index (χ0v) is 9.03. The first-order valence-corrected chi connectivity index (χ1v) is 5.02. The number of carbonyl (C=O) groups excluding carboxylic acids is 1. The third kappa shape index (κ3) is 3.70. The van der Waals surface area contributed by atoms with Crippen LogP contribution in [0.2, 0.25) is 0 Å². The minimum Gasteiger partial charge on any atom is -0.343 e. The summed E-state index contributed by atoms with van der Waals surface area (Å²) in [6.45, 7) is 1.75. The number of nitrogens with zero attached hydrogens (tertiary/aromatic N) is 1. The predicted octanol–water partition coefficient (Wildman–Crippen LogP) is 1.64. The van der Waals surface area contributed by atoms with Gasteiger partial charge in [0.05, 0.1) is 6.07 Å². The number of benzene rings is 1. The molecule has 0 aliphatic carbocycles. The summed E-state index contributed by atoms with van der Waals surface area (Å²) in [5.74, 6) is -0.761. The number of hydrogen-bond acceptors (Lipinski definition) is 2. The maximum atomic E-state index is 12.9. The molecule has 4 heteroatoms. The summed E-state index contributed by atoms with van der Waals surface area (Å²) >= 11 is 0. The molecule has 0 spiro atoms. The van der Waals surface area contributed by atoms with Crippen molar-refractivity contribution in [2.75, 3.05) is 6.54 Å². The average Bonchev–Trinajstić information content (AvgIpc) is 2.25. The minimum atomic E-state index is -0.304. The number of halogens is 1. The third-order valence-corrected chi connectivity index (χ3v) is 2.22. The van der Waals surface area contributed by atoms with E-state index >= 15 is 0 Å². The number of carbonyl (C=O) groups is 1. The molecule has 0 saturated carbocycles. The van der Waals surface area contributed by atoms with E-state index in [0.717, 1.165) is 5.56 Å². The molecule has 0 radical (unpaired) electrons. The van der Waals surface area contributed by atoms with E-state index in [1.165, 1.54) is 12.1 Å². The van der Waals surface area contributed by atoms with Gasteiger partial charge in [-0.1, -0.05) is 19.1 Å². The van der Waals surface area contributed by atoms with Gasteiger partial charge in [-0.05, 0) is 24.1 Å². The van der Waals surface area contributed by atoms with Crippen LogP contribution in [0.5, 0.6) is 0 Å². The van der Waals surface area contributed by atoms with E-state index in [4.69, 9.17) is 5.26 Å². The van der Waals surface area contributed by atoms with Crippen molar-refractivity contribution in [3.05, 3.63) is 35.6 Å². The number of rotatable bonds is 4. The fourth-order valence-corrected chi connectivity index (χ4v) is 1.41. The smallest absolute Gasteiger partial charge is 0.223 e. The molecule has 1 N–H and O–H groups in total. The van der Waals surface area contributed by atoms with Crippen molar-refractivity contribution in [3.63, 3.8) is 0 Å². The largest absolute Gasteiger partial charge is 0.343 e. The summed E-state index contributed by atoms with van der Waals surface area (Å²) < 4.78 is 12.9. The van der Waals surface area contributed by atoms with Crippen molar-refractivity contribution in [1.29, 1.82) is 5.26 Å². The lowest BCUT2D eigenvalue weighted by Gasteiger charge is -2.10. The average molecular weight is 220 g/mol. The topological polar surface area (TPSA) is 52.9 Å². The van der Waals surface area contributed by atoms with Crippen LogP contribution in [0.1, 0.15) is 12.5 Å². The Morgan fingerprint density at radius 3 is 3.00 bits per heavy atom. The molecule has 0 aromatic heterocycles. The van der Waals surface area contributed by atoms with Crippen molar-refractivity contribution in [2.24, 2.45) is 5.92 Å². The van der Waals surface area contributed by atoms with Crippen LogP contribution in [0.3, 0.4) is 0 Å². The zero-order valence-electron chi connectivity index (χ0n) is 9.03. The molecule has 84 valence electrons. The summed E-state index contributed by atoms with van der Waals surface area (Å²) in [5.41, 5.74) is 0.777. The summed E-state index contributed by atoms with van der Waals surface area (Å²) in [5, 5.41) is 10.8. The van der Waals surface area contributed by atoms with Crippen molar-refractivity contribution in [2.45, 2.75) is 13.3 Å². The SMILES string of the molecule is C[C@H](Cc1cccc(F)c1)C(=O)NCC#N. The number of amides is 1. The highest BCUT2D eigenvalue weighted by molar-refractivity contribution is 5.78. The van der Waals surface area contributed by atoms with Crippen LogP contribution in [0, 0.1) is 23.1 Å². The van der Waals surface area contributed by atoms with Crippen LogP contribution in [0.15, 0.2) is 24.3 Å². The van der Waals surface area contributed by atoms with Gasteiger partial charge in [-0.3, -0.25) is 4.79 Å². The van der Waals surface area contributed by atoms with E-state index in [-0.39, 0.29) is 24.2 Å². The van der Waals surface area contributed by atoms with Crippen LogP contribution in [-0.2, 0) is 11.2 Å². The summed E-state index contributed by atoms with van der Waals surface area (Å²) in [4.78, 5) is 11.4. The summed E-state index contributed by atoms with van der Waals surface area (Å²) in [7, 11) is 0. The molecule has 1 aromatic carbocycles. The van der Waals surface area contributed by atoms with Gasteiger partial charge >= 0.3 is 0 Å². The van der Waals surface area contributed by atoms with Gasteiger partial charge in [-0.2, -0.15) is 5.26 Å². The van der Waals surface area contributed by atoms with E-state index in [0.29, 0.717) is 6.42 Å². The molecule has 0 aliphatic rings. The fraction of sp³-hybridized carbons (Fsp3) is 0.333. The Bertz CT molecular complexity index is 412. The van der Waals surface area contributed by atoms with Gasteiger partial charge < -0.3 is 5.32 Å². The van der Waals surface area contributed by atoms with E-state index < -0.39 is 0 Å². The van der Waals surface area contributed by atoms with Gasteiger partial charge in [0.15, 0.2) is 0 Å². The fourth-order valence-electron chi connectivity index (χ4n) is 1.41. The highest BCUT2D eigenvalue weighted by Gasteiger charge is 2.12. The van der Waals surface area contributed by atoms with Crippen LogP contribution in [0.4, 0.5) is 4.39 Å². The van der Waals surface area contributed by atoms with Crippen LogP contribution >= 0.6 is 0 Å². The normalized spacial score (nSPS) is 11.6. The van der Waals surface area contributed by atoms with Gasteiger partial charge in [-0.25, -0.2) is 4.39 Å². The summed E-state index contributed by atoms with van der Waals surface area (Å²) in [6, 6.07) is 8.00. The molecular weight excluding hydrogens is 207 g/mol. The van der Waals surface area contributed by atoms with Crippen LogP contribution < -0.4 is 5.32 Å². The van der Waals surface area contributed by atoms with E-state index in [1.807, 2.05) is 6.07 Å². The highest BCUT2D eigenvalue weighted by Crippen LogP contribution is 2.10. The predicted molar refractivity (Wildman–Crippen MR) is 57.9 cm³/mol. The monoisotopic (exact) mass is 220 g/mol. The standard InChI is InChI=1S/C12H13FN2O/c1-9(12(16)15-6-5-14)7-10-3-2-4-11(13)8-10/h2-4,8-9H,6-7H2,1H3,(H,15,16)/t9-/m1/s1. The van der Waals surface area contributed by atoms with Gasteiger partial charge in [-0.15, -0.1) is 0 Å². The number of nitriles is 1. The molecule has 0 heterocycles. The van der Waals surface area contributed by atoms with E-state index in [1.54, 1.807) is 19.1 Å². The minimum absolute atomic E-state index is 0.00627. The molecule has 1 atom stereocenters. The van der Waals surface area contributed by atoms with Crippen molar-refractivity contribution < 1.29 is 9.18 Å². The Morgan fingerprint density at radius 1 is 1.62 bits per heavy atom. The second-order valence-corrected chi connectivity index (χ2v) is 3.61. The van der Waals surface area contributed by atoms with Crippen molar-refractivity contribution in [1.82, 2.24) is 5.32 Å². The van der Waals surface area contributed by atoms with Gasteiger partial charge in [0.25, 0.3) is 0 Å². The third-order valence-electron chi connectivity index (χ3n) is 2.22. The van der Waals surface area contributed by atoms with Gasteiger partial charge in [0.1, 0.15) is 12.4 Å². The molecule has 1 rings (SSSR count). The van der Waals surface area contributed by atoms with E-state index in [9.17, 15) is 9.18 Å². The lowest BCUT2D eigenvalue weighted by molar-refractivity contribution is -0.124. The first-order chi connectivity index (χ1) is 7.63. The zero-order chi connectivity index (χ0) is 12.0. The molecule has 16 heavy (non-hydrogen) atoms. The van der Waals surface area contributed by atoms with Crippen LogP contribution in [-0.4, -0.2) is 12.5 Å². The first-order valence-electron chi connectivity index (χ1n) is 5.02. The first kappa shape index (κ1) is 12.2. The maximum Gasteiger partial charge on any atom is 0.223 e. The Hall–Kier alpha value is -1.89. The maximum absolute atomic E-state index is 12.9.